The van der Waals surface area contributed by atoms with Crippen LogP contribution in [0.2, 0.25) is 0 Å². The predicted octanol–water partition coefficient (Wildman–Crippen LogP) is 6.82. The molecule has 1 aliphatic carbocycles. The number of carbonyl (C=O) groups excluding carboxylic acids is 2. The van der Waals surface area contributed by atoms with Gasteiger partial charge in [0.05, 0.1) is 12.1 Å². The van der Waals surface area contributed by atoms with Crippen molar-refractivity contribution < 1.29 is 18.4 Å². The largest absolute Gasteiger partial charge is 0.380 e. The third kappa shape index (κ3) is 7.39. The Morgan fingerprint density at radius 3 is 2.19 bits per heavy atom. The zero-order valence-electron chi connectivity index (χ0n) is 26.4. The zero-order chi connectivity index (χ0) is 32.9. The molecule has 2 amide bonds. The summed E-state index contributed by atoms with van der Waals surface area (Å²) < 4.78 is 27.6. The topological polar surface area (TPSA) is 73.5 Å². The molecule has 0 bridgehead atoms. The molecule has 0 saturated carbocycles. The van der Waals surface area contributed by atoms with Crippen LogP contribution in [-0.4, -0.2) is 54.6 Å². The van der Waals surface area contributed by atoms with Crippen molar-refractivity contribution in [3.63, 3.8) is 0 Å². The minimum absolute atomic E-state index is 0.0453. The van der Waals surface area contributed by atoms with Gasteiger partial charge in [-0.25, -0.2) is 8.78 Å². The fourth-order valence-corrected chi connectivity index (χ4v) is 7.17. The van der Waals surface area contributed by atoms with Gasteiger partial charge < -0.3 is 20.9 Å². The summed E-state index contributed by atoms with van der Waals surface area (Å²) in [5.74, 6) is -0.477. The monoisotopic (exact) mass is 654 g/mol. The Kier molecular flexibility index (Phi) is 10.00. The van der Waals surface area contributed by atoms with Gasteiger partial charge in [-0.1, -0.05) is 107 Å². The van der Waals surface area contributed by atoms with Crippen molar-refractivity contribution in [1.29, 1.82) is 0 Å². The number of rotatable bonds is 13. The lowest BCUT2D eigenvalue weighted by Gasteiger charge is -2.31. The van der Waals surface area contributed by atoms with Gasteiger partial charge in [-0.05, 0) is 65.8 Å². The maximum Gasteiger partial charge on any atom is 0.275 e. The molecular formula is C38H41F2N4O2P. The predicted molar refractivity (Wildman–Crippen MR) is 187 cm³/mol. The highest BCUT2D eigenvalue weighted by Crippen LogP contribution is 2.51. The molecule has 2 atom stereocenters. The van der Waals surface area contributed by atoms with E-state index in [2.05, 4.69) is 33.0 Å². The number of unbranched alkanes of at least 4 members (excludes halogenated alkanes) is 1. The first kappa shape index (κ1) is 32.8. The van der Waals surface area contributed by atoms with Crippen molar-refractivity contribution in [1.82, 2.24) is 15.5 Å². The van der Waals surface area contributed by atoms with E-state index in [0.717, 1.165) is 72.4 Å². The SMILES string of the molecule is O=C(NC1CCN(CCCCC2(C(=O)NCC(F)(F)P)c3ccccc3-c3ccccc32)C1)c1ccccc1NCc1ccccc1. The summed E-state index contributed by atoms with van der Waals surface area (Å²) in [6.07, 6.45) is 2.95. The number of nitrogens with one attached hydrogen (secondary N) is 3. The maximum absolute atomic E-state index is 13.9. The standard InChI is InChI=1S/C38H41F2N4O2P/c39-38(40,47)26-42-36(46)37(32-17-7-4-14-29(32)30-15-5-8-18-33(30)37)21-10-11-22-44-23-20-28(25-44)43-35(45)31-16-6-9-19-34(31)41-24-27-12-2-1-3-13-27/h1-9,12-19,28,41H,10-11,20-26,47H2,(H,42,46)(H,43,45). The molecule has 244 valence electrons. The molecule has 1 aliphatic heterocycles. The Hall–Kier alpha value is -4.13. The van der Waals surface area contributed by atoms with Crippen LogP contribution in [0.1, 0.15) is 52.7 Å². The molecule has 1 fully saturated rings. The average Bonchev–Trinajstić information content (AvgIpc) is 3.65. The van der Waals surface area contributed by atoms with Crippen LogP contribution in [0, 0.1) is 0 Å². The number of likely N-dealkylation sites (tertiary alicyclic amines) is 1. The van der Waals surface area contributed by atoms with E-state index in [9.17, 15) is 18.4 Å². The van der Waals surface area contributed by atoms with E-state index < -0.39 is 17.6 Å². The van der Waals surface area contributed by atoms with Gasteiger partial charge in [-0.15, -0.1) is 0 Å². The molecule has 0 aromatic heterocycles. The number of carbonyl (C=O) groups is 2. The second-order valence-corrected chi connectivity index (χ2v) is 13.4. The molecule has 1 heterocycles. The Balaban J connectivity index is 1.06. The van der Waals surface area contributed by atoms with Crippen molar-refractivity contribution in [2.75, 3.05) is 31.5 Å². The van der Waals surface area contributed by atoms with Crippen molar-refractivity contribution in [2.45, 2.75) is 49.3 Å². The zero-order valence-corrected chi connectivity index (χ0v) is 27.5. The molecule has 3 N–H and O–H groups in total. The van der Waals surface area contributed by atoms with E-state index in [0.29, 0.717) is 18.5 Å². The van der Waals surface area contributed by atoms with E-state index in [1.807, 2.05) is 91.0 Å². The van der Waals surface area contributed by atoms with E-state index in [4.69, 9.17) is 0 Å². The van der Waals surface area contributed by atoms with E-state index in [-0.39, 0.29) is 17.9 Å². The smallest absolute Gasteiger partial charge is 0.275 e. The van der Waals surface area contributed by atoms with Crippen LogP contribution in [0.5, 0.6) is 0 Å². The quantitative estimate of drug-likeness (QED) is 0.109. The number of alkyl halides is 2. The van der Waals surface area contributed by atoms with Crippen LogP contribution in [0.15, 0.2) is 103 Å². The first-order chi connectivity index (χ1) is 22.7. The van der Waals surface area contributed by atoms with Gasteiger partial charge >= 0.3 is 0 Å². The molecule has 4 aromatic rings. The molecule has 6 nitrogen and oxygen atoms in total. The van der Waals surface area contributed by atoms with E-state index >= 15 is 0 Å². The summed E-state index contributed by atoms with van der Waals surface area (Å²) in [7, 11) is 1.51. The van der Waals surface area contributed by atoms with Gasteiger partial charge in [0.2, 0.25) is 5.91 Å². The summed E-state index contributed by atoms with van der Waals surface area (Å²) in [6.45, 7) is 2.35. The highest BCUT2D eigenvalue weighted by atomic mass is 31.0. The number of halogens is 2. The van der Waals surface area contributed by atoms with Crippen LogP contribution in [0.3, 0.4) is 0 Å². The highest BCUT2D eigenvalue weighted by molar-refractivity contribution is 7.18. The van der Waals surface area contributed by atoms with Gasteiger partial charge in [0, 0.05) is 31.4 Å². The van der Waals surface area contributed by atoms with Crippen LogP contribution < -0.4 is 16.0 Å². The molecular weight excluding hydrogens is 613 g/mol. The fraction of sp³-hybridized carbons (Fsp3) is 0.316. The van der Waals surface area contributed by atoms with E-state index in [1.165, 1.54) is 9.24 Å². The molecule has 0 radical (unpaired) electrons. The van der Waals surface area contributed by atoms with Gasteiger partial charge in [-0.3, -0.25) is 9.59 Å². The van der Waals surface area contributed by atoms with Crippen molar-refractivity contribution >= 4 is 26.7 Å². The lowest BCUT2D eigenvalue weighted by atomic mass is 9.73. The number of amides is 2. The summed E-state index contributed by atoms with van der Waals surface area (Å²) in [6, 6.07) is 33.3. The molecule has 2 aliphatic rings. The minimum Gasteiger partial charge on any atom is -0.380 e. The van der Waals surface area contributed by atoms with Crippen LogP contribution in [0.4, 0.5) is 14.5 Å². The molecule has 9 heteroatoms. The second kappa shape index (κ2) is 14.3. The number of nitrogens with zero attached hydrogens (tertiary/aromatic N) is 1. The molecule has 0 spiro atoms. The Morgan fingerprint density at radius 1 is 0.851 bits per heavy atom. The summed E-state index contributed by atoms with van der Waals surface area (Å²) in [5.41, 5.74) is 2.14. The van der Waals surface area contributed by atoms with Gasteiger partial charge in [0.1, 0.15) is 5.41 Å². The van der Waals surface area contributed by atoms with Crippen molar-refractivity contribution in [3.8, 4) is 11.1 Å². The fourth-order valence-electron chi connectivity index (χ4n) is 7.07. The Bertz CT molecular complexity index is 1670. The van der Waals surface area contributed by atoms with Gasteiger partial charge in [0.15, 0.2) is 0 Å². The number of fused-ring (bicyclic) bond motifs is 3. The molecule has 6 rings (SSSR count). The maximum atomic E-state index is 13.9. The summed E-state index contributed by atoms with van der Waals surface area (Å²) >= 11 is 0. The number of hydrogen-bond acceptors (Lipinski definition) is 4. The molecule has 1 saturated heterocycles. The normalized spacial score (nSPS) is 16.7. The lowest BCUT2D eigenvalue weighted by molar-refractivity contribution is -0.126. The first-order valence-electron chi connectivity index (χ1n) is 16.3. The number of para-hydroxylation sites is 1. The highest BCUT2D eigenvalue weighted by Gasteiger charge is 2.48. The molecule has 2 unspecified atom stereocenters. The minimum atomic E-state index is -3.09. The summed E-state index contributed by atoms with van der Waals surface area (Å²) in [4.78, 5) is 29.5. The van der Waals surface area contributed by atoms with Crippen molar-refractivity contribution in [2.24, 2.45) is 0 Å². The first-order valence-corrected chi connectivity index (χ1v) is 16.9. The number of benzene rings is 4. The Labute approximate surface area is 277 Å². The number of hydrogen-bond donors (Lipinski definition) is 3. The van der Waals surface area contributed by atoms with Crippen LogP contribution >= 0.6 is 9.24 Å². The third-order valence-electron chi connectivity index (χ3n) is 9.32. The average molecular weight is 655 g/mol. The van der Waals surface area contributed by atoms with Gasteiger partial charge in [-0.2, -0.15) is 0 Å². The second-order valence-electron chi connectivity index (χ2n) is 12.5. The summed E-state index contributed by atoms with van der Waals surface area (Å²) in [5, 5.41) is 9.20. The molecule has 47 heavy (non-hydrogen) atoms. The Morgan fingerprint density at radius 2 is 1.49 bits per heavy atom. The lowest BCUT2D eigenvalue weighted by Crippen LogP contribution is -2.47. The van der Waals surface area contributed by atoms with Crippen molar-refractivity contribution in [3.05, 3.63) is 125 Å². The van der Waals surface area contributed by atoms with Gasteiger partial charge in [0.25, 0.3) is 11.6 Å². The van der Waals surface area contributed by atoms with E-state index in [1.54, 1.807) is 0 Å². The van der Waals surface area contributed by atoms with Crippen LogP contribution in [0.25, 0.3) is 11.1 Å². The molecule has 4 aromatic carbocycles. The van der Waals surface area contributed by atoms with Crippen LogP contribution in [-0.2, 0) is 16.8 Å². The third-order valence-corrected chi connectivity index (χ3v) is 9.52. The number of anilines is 1.